The fourth-order valence-electron chi connectivity index (χ4n) is 1.42. The Labute approximate surface area is 125 Å². The molecule has 0 saturated heterocycles. The fraction of sp³-hybridized carbons (Fsp3) is 0.667. The molecule has 1 aromatic heterocycles. The van der Waals surface area contributed by atoms with Crippen LogP contribution < -0.4 is 10.6 Å². The molecule has 2 nitrogen and oxygen atoms in total. The summed E-state index contributed by atoms with van der Waals surface area (Å²) in [7, 11) is 0. The Morgan fingerprint density at radius 3 is 2.53 bits per heavy atom. The number of rotatable bonds is 8. The van der Waals surface area contributed by atoms with Crippen molar-refractivity contribution in [2.24, 2.45) is 5.92 Å². The number of hydrogen-bond acceptors (Lipinski definition) is 3. The zero-order chi connectivity index (χ0) is 12.7. The third-order valence-corrected chi connectivity index (χ3v) is 5.51. The topological polar surface area (TPSA) is 24.1 Å². The van der Waals surface area contributed by atoms with Crippen LogP contribution in [0.25, 0.3) is 0 Å². The van der Waals surface area contributed by atoms with Crippen molar-refractivity contribution in [3.05, 3.63) is 19.2 Å². The summed E-state index contributed by atoms with van der Waals surface area (Å²) in [4.78, 5) is 1.36. The highest BCUT2D eigenvalue weighted by atomic mass is 79.9. The third kappa shape index (κ3) is 6.91. The first-order valence-corrected chi connectivity index (χ1v) is 8.35. The number of hydrogen-bond donors (Lipinski definition) is 2. The van der Waals surface area contributed by atoms with Gasteiger partial charge in [0, 0.05) is 15.9 Å². The predicted octanol–water partition coefficient (Wildman–Crippen LogP) is 4.00. The lowest BCUT2D eigenvalue weighted by atomic mass is 10.2. The molecule has 0 aliphatic carbocycles. The van der Waals surface area contributed by atoms with E-state index in [0.717, 1.165) is 36.6 Å². The van der Waals surface area contributed by atoms with Gasteiger partial charge < -0.3 is 10.6 Å². The lowest BCUT2D eigenvalue weighted by molar-refractivity contribution is 0.531. The zero-order valence-corrected chi connectivity index (χ0v) is 14.3. The van der Waals surface area contributed by atoms with E-state index in [1.54, 1.807) is 11.3 Å². The van der Waals surface area contributed by atoms with Gasteiger partial charge in [-0.25, -0.2) is 0 Å². The maximum absolute atomic E-state index is 3.51. The van der Waals surface area contributed by atoms with Crippen LogP contribution in [0.1, 0.15) is 25.1 Å². The lowest BCUT2D eigenvalue weighted by Crippen LogP contribution is -2.24. The molecular weight excluding hydrogens is 364 g/mol. The van der Waals surface area contributed by atoms with Gasteiger partial charge in [0.25, 0.3) is 0 Å². The summed E-state index contributed by atoms with van der Waals surface area (Å²) in [6.07, 6.45) is 1.18. The van der Waals surface area contributed by atoms with Crippen LogP contribution in [0.5, 0.6) is 0 Å². The van der Waals surface area contributed by atoms with Crippen molar-refractivity contribution in [2.75, 3.05) is 19.6 Å². The molecule has 5 heteroatoms. The van der Waals surface area contributed by atoms with Gasteiger partial charge in [0.2, 0.25) is 0 Å². The Morgan fingerprint density at radius 1 is 1.24 bits per heavy atom. The van der Waals surface area contributed by atoms with Crippen LogP contribution in [0.15, 0.2) is 14.3 Å². The summed E-state index contributed by atoms with van der Waals surface area (Å²) in [6.45, 7) is 8.71. The summed E-state index contributed by atoms with van der Waals surface area (Å²) in [6, 6.07) is 2.17. The predicted molar refractivity (Wildman–Crippen MR) is 83.8 cm³/mol. The molecule has 0 fully saturated rings. The van der Waals surface area contributed by atoms with E-state index in [9.17, 15) is 0 Å². The standard InChI is InChI=1S/C12H20Br2N2S/c1-9(2)7-15-4-3-5-16-8-10-6-11(13)12(14)17-10/h6,9,15-16H,3-5,7-8H2,1-2H3. The van der Waals surface area contributed by atoms with Gasteiger partial charge in [-0.15, -0.1) is 11.3 Å². The highest BCUT2D eigenvalue weighted by molar-refractivity contribution is 9.13. The normalized spacial score (nSPS) is 11.4. The first kappa shape index (κ1) is 15.6. The molecule has 0 amide bonds. The molecule has 0 atom stereocenters. The van der Waals surface area contributed by atoms with Gasteiger partial charge in [0.05, 0.1) is 3.79 Å². The summed E-state index contributed by atoms with van der Waals surface area (Å²) >= 11 is 8.78. The van der Waals surface area contributed by atoms with E-state index in [0.29, 0.717) is 0 Å². The summed E-state index contributed by atoms with van der Waals surface area (Å²) in [5, 5.41) is 6.90. The van der Waals surface area contributed by atoms with Crippen LogP contribution in [-0.2, 0) is 6.54 Å². The molecule has 17 heavy (non-hydrogen) atoms. The monoisotopic (exact) mass is 382 g/mol. The van der Waals surface area contributed by atoms with E-state index in [4.69, 9.17) is 0 Å². The largest absolute Gasteiger partial charge is 0.316 e. The van der Waals surface area contributed by atoms with Crippen molar-refractivity contribution in [1.29, 1.82) is 0 Å². The van der Waals surface area contributed by atoms with Gasteiger partial charge >= 0.3 is 0 Å². The Bertz CT molecular complexity index is 307. The molecule has 0 aliphatic heterocycles. The van der Waals surface area contributed by atoms with Crippen molar-refractivity contribution < 1.29 is 0 Å². The lowest BCUT2D eigenvalue weighted by Gasteiger charge is -2.07. The second-order valence-corrected chi connectivity index (χ2v) is 7.77. The first-order chi connectivity index (χ1) is 8.09. The highest BCUT2D eigenvalue weighted by Gasteiger charge is 2.03. The quantitative estimate of drug-likeness (QED) is 0.663. The Hall–Kier alpha value is 0.580. The van der Waals surface area contributed by atoms with E-state index in [2.05, 4.69) is 62.4 Å². The van der Waals surface area contributed by atoms with E-state index < -0.39 is 0 Å². The minimum Gasteiger partial charge on any atom is -0.316 e. The summed E-state index contributed by atoms with van der Waals surface area (Å²) in [5.41, 5.74) is 0. The van der Waals surface area contributed by atoms with Crippen molar-refractivity contribution in [3.8, 4) is 0 Å². The Kier molecular flexibility index (Phi) is 7.95. The Morgan fingerprint density at radius 2 is 1.94 bits per heavy atom. The molecule has 0 unspecified atom stereocenters. The Balaban J connectivity index is 2.01. The molecule has 1 aromatic rings. The maximum Gasteiger partial charge on any atom is 0.0843 e. The van der Waals surface area contributed by atoms with E-state index in [1.165, 1.54) is 15.1 Å². The average Bonchev–Trinajstić information content (AvgIpc) is 2.56. The summed E-state index contributed by atoms with van der Waals surface area (Å²) in [5.74, 6) is 0.740. The van der Waals surface area contributed by atoms with Crippen LogP contribution in [0.2, 0.25) is 0 Å². The fourth-order valence-corrected chi connectivity index (χ4v) is 3.57. The minimum atomic E-state index is 0.740. The highest BCUT2D eigenvalue weighted by Crippen LogP contribution is 2.32. The summed E-state index contributed by atoms with van der Waals surface area (Å²) < 4.78 is 2.32. The molecule has 2 N–H and O–H groups in total. The molecule has 0 saturated carbocycles. The van der Waals surface area contributed by atoms with Gasteiger partial charge in [0.15, 0.2) is 0 Å². The number of nitrogens with one attached hydrogen (secondary N) is 2. The SMILES string of the molecule is CC(C)CNCCCNCc1cc(Br)c(Br)s1. The van der Waals surface area contributed by atoms with Crippen LogP contribution in [0, 0.1) is 5.92 Å². The number of thiophene rings is 1. The first-order valence-electron chi connectivity index (χ1n) is 5.94. The second-order valence-electron chi connectivity index (χ2n) is 4.46. The van der Waals surface area contributed by atoms with Gasteiger partial charge in [-0.1, -0.05) is 13.8 Å². The molecule has 98 valence electrons. The average molecular weight is 384 g/mol. The van der Waals surface area contributed by atoms with Gasteiger partial charge in [-0.3, -0.25) is 0 Å². The van der Waals surface area contributed by atoms with E-state index in [1.807, 2.05) is 0 Å². The van der Waals surface area contributed by atoms with Gasteiger partial charge in [-0.2, -0.15) is 0 Å². The third-order valence-electron chi connectivity index (χ3n) is 2.26. The van der Waals surface area contributed by atoms with Crippen molar-refractivity contribution in [3.63, 3.8) is 0 Å². The smallest absolute Gasteiger partial charge is 0.0843 e. The molecule has 1 heterocycles. The molecule has 0 aliphatic rings. The van der Waals surface area contributed by atoms with Crippen LogP contribution in [-0.4, -0.2) is 19.6 Å². The van der Waals surface area contributed by atoms with Crippen LogP contribution >= 0.6 is 43.2 Å². The second kappa shape index (κ2) is 8.64. The minimum absolute atomic E-state index is 0.740. The molecular formula is C12H20Br2N2S. The maximum atomic E-state index is 3.51. The van der Waals surface area contributed by atoms with Gasteiger partial charge in [-0.05, 0) is 69.9 Å². The van der Waals surface area contributed by atoms with Crippen LogP contribution in [0.3, 0.4) is 0 Å². The van der Waals surface area contributed by atoms with Crippen LogP contribution in [0.4, 0.5) is 0 Å². The van der Waals surface area contributed by atoms with Crippen molar-refractivity contribution in [1.82, 2.24) is 10.6 Å². The number of halogens is 2. The van der Waals surface area contributed by atoms with E-state index in [-0.39, 0.29) is 0 Å². The zero-order valence-electron chi connectivity index (χ0n) is 10.4. The van der Waals surface area contributed by atoms with Crippen molar-refractivity contribution >= 4 is 43.2 Å². The molecule has 0 aromatic carbocycles. The van der Waals surface area contributed by atoms with E-state index >= 15 is 0 Å². The molecule has 0 spiro atoms. The molecule has 0 bridgehead atoms. The molecule has 0 radical (unpaired) electrons. The van der Waals surface area contributed by atoms with Crippen molar-refractivity contribution in [2.45, 2.75) is 26.8 Å². The van der Waals surface area contributed by atoms with Gasteiger partial charge in [0.1, 0.15) is 0 Å². The molecule has 1 rings (SSSR count).